The lowest BCUT2D eigenvalue weighted by atomic mass is 9.81. The predicted molar refractivity (Wildman–Crippen MR) is 124 cm³/mol. The number of methoxy groups -OCH3 is 3. The number of carbonyl (C=O) groups excluding carboxylic acids is 1. The Morgan fingerprint density at radius 2 is 1.67 bits per heavy atom. The third kappa shape index (κ3) is 4.45. The van der Waals surface area contributed by atoms with Crippen LogP contribution in [-0.2, 0) is 6.42 Å². The summed E-state index contributed by atoms with van der Waals surface area (Å²) in [6.45, 7) is 4.01. The van der Waals surface area contributed by atoms with Gasteiger partial charge in [-0.15, -0.1) is 0 Å². The Balaban J connectivity index is 1.41. The molecule has 33 heavy (non-hydrogen) atoms. The number of benzene rings is 2. The third-order valence-electron chi connectivity index (χ3n) is 6.59. The first-order chi connectivity index (χ1) is 16.0. The average Bonchev–Trinajstić information content (AvgIpc) is 2.85. The fourth-order valence-corrected chi connectivity index (χ4v) is 4.81. The van der Waals surface area contributed by atoms with Crippen molar-refractivity contribution in [3.8, 4) is 17.2 Å². The van der Waals surface area contributed by atoms with Crippen molar-refractivity contribution in [1.82, 2.24) is 4.90 Å². The standard InChI is InChI=1S/C24H29N3O6/c1-31-21-14-20-19(23(32-2)24(21)33-3)9-4-16(22(20)28)15-25-10-12-26(13-11-25)17-5-7-18(8-6-17)27(29)30/h5-8,14,16H,4,9-13,15H2,1-3H3. The molecule has 2 aromatic carbocycles. The topological polar surface area (TPSA) is 94.4 Å². The Morgan fingerprint density at radius 1 is 1.00 bits per heavy atom. The maximum absolute atomic E-state index is 13.4. The molecule has 0 saturated carbocycles. The molecule has 4 rings (SSSR count). The minimum absolute atomic E-state index is 0.0776. The first kappa shape index (κ1) is 22.8. The summed E-state index contributed by atoms with van der Waals surface area (Å²) in [6.07, 6.45) is 1.51. The van der Waals surface area contributed by atoms with Gasteiger partial charge in [0.05, 0.1) is 26.3 Å². The maximum atomic E-state index is 13.4. The molecule has 1 fully saturated rings. The van der Waals surface area contributed by atoms with Crippen LogP contribution in [0.4, 0.5) is 11.4 Å². The van der Waals surface area contributed by atoms with Crippen molar-refractivity contribution in [2.24, 2.45) is 5.92 Å². The van der Waals surface area contributed by atoms with E-state index in [-0.39, 0.29) is 22.3 Å². The van der Waals surface area contributed by atoms with Crippen molar-refractivity contribution in [2.75, 3.05) is 59.0 Å². The molecule has 1 aliphatic heterocycles. The summed E-state index contributed by atoms with van der Waals surface area (Å²) < 4.78 is 16.5. The second-order valence-corrected chi connectivity index (χ2v) is 8.33. The number of nitro groups is 1. The van der Waals surface area contributed by atoms with Crippen molar-refractivity contribution in [3.63, 3.8) is 0 Å². The van der Waals surface area contributed by atoms with Gasteiger partial charge in [-0.3, -0.25) is 19.8 Å². The number of fused-ring (bicyclic) bond motifs is 1. The Kier molecular flexibility index (Phi) is 6.69. The zero-order valence-corrected chi connectivity index (χ0v) is 19.2. The molecule has 1 unspecified atom stereocenters. The molecular weight excluding hydrogens is 426 g/mol. The highest BCUT2D eigenvalue weighted by molar-refractivity contribution is 6.02. The van der Waals surface area contributed by atoms with Gasteiger partial charge in [0.25, 0.3) is 5.69 Å². The molecule has 9 heteroatoms. The molecule has 0 aromatic heterocycles. The van der Waals surface area contributed by atoms with E-state index in [0.29, 0.717) is 29.4 Å². The van der Waals surface area contributed by atoms with E-state index in [2.05, 4.69) is 9.80 Å². The number of nitrogens with zero attached hydrogens (tertiary/aromatic N) is 3. The summed E-state index contributed by atoms with van der Waals surface area (Å²) in [7, 11) is 4.70. The smallest absolute Gasteiger partial charge is 0.269 e. The number of rotatable bonds is 7. The molecule has 0 amide bonds. The van der Waals surface area contributed by atoms with E-state index in [1.165, 1.54) is 12.1 Å². The molecule has 1 aliphatic carbocycles. The van der Waals surface area contributed by atoms with Crippen molar-refractivity contribution in [2.45, 2.75) is 12.8 Å². The SMILES string of the molecule is COc1cc2c(c(OC)c1OC)CCC(CN1CCN(c3ccc([N+](=O)[O-])cc3)CC1)C2=O. The molecular formula is C24H29N3O6. The number of anilines is 1. The second kappa shape index (κ2) is 9.66. The number of ether oxygens (including phenoxy) is 3. The normalized spacial score (nSPS) is 18.6. The fraction of sp³-hybridized carbons (Fsp3) is 0.458. The first-order valence-electron chi connectivity index (χ1n) is 11.0. The van der Waals surface area contributed by atoms with Gasteiger partial charge in [-0.1, -0.05) is 0 Å². The molecule has 2 aliphatic rings. The number of hydrogen-bond donors (Lipinski definition) is 0. The lowest BCUT2D eigenvalue weighted by Gasteiger charge is -2.38. The number of Topliss-reactive ketones (excluding diaryl/α,β-unsaturated/α-hetero) is 1. The van der Waals surface area contributed by atoms with Crippen LogP contribution in [0.1, 0.15) is 22.3 Å². The second-order valence-electron chi connectivity index (χ2n) is 8.33. The molecule has 9 nitrogen and oxygen atoms in total. The molecule has 0 bridgehead atoms. The summed E-state index contributed by atoms with van der Waals surface area (Å²) in [5.74, 6) is 1.64. The van der Waals surface area contributed by atoms with E-state index >= 15 is 0 Å². The Morgan fingerprint density at radius 3 is 2.24 bits per heavy atom. The molecule has 1 heterocycles. The first-order valence-corrected chi connectivity index (χ1v) is 11.0. The monoisotopic (exact) mass is 455 g/mol. The largest absolute Gasteiger partial charge is 0.493 e. The highest BCUT2D eigenvalue weighted by Gasteiger charge is 2.34. The van der Waals surface area contributed by atoms with Crippen LogP contribution in [0, 0.1) is 16.0 Å². The lowest BCUT2D eigenvalue weighted by molar-refractivity contribution is -0.384. The Hall–Kier alpha value is -3.33. The van der Waals surface area contributed by atoms with Crippen molar-refractivity contribution < 1.29 is 23.9 Å². The zero-order valence-electron chi connectivity index (χ0n) is 19.2. The Labute approximate surface area is 193 Å². The number of nitro benzene ring substituents is 1. The van der Waals surface area contributed by atoms with Crippen molar-refractivity contribution in [3.05, 3.63) is 51.6 Å². The number of non-ortho nitro benzene ring substituents is 1. The highest BCUT2D eigenvalue weighted by atomic mass is 16.6. The highest BCUT2D eigenvalue weighted by Crippen LogP contribution is 2.45. The van der Waals surface area contributed by atoms with Gasteiger partial charge in [-0.25, -0.2) is 0 Å². The third-order valence-corrected chi connectivity index (χ3v) is 6.59. The maximum Gasteiger partial charge on any atom is 0.269 e. The summed E-state index contributed by atoms with van der Waals surface area (Å²) in [5.41, 5.74) is 2.63. The number of ketones is 1. The van der Waals surface area contributed by atoms with E-state index in [1.807, 2.05) is 0 Å². The van der Waals surface area contributed by atoms with E-state index in [1.54, 1.807) is 39.5 Å². The van der Waals surface area contributed by atoms with E-state index in [4.69, 9.17) is 14.2 Å². The van der Waals surface area contributed by atoms with Crippen molar-refractivity contribution >= 4 is 17.2 Å². The van der Waals surface area contributed by atoms with Gasteiger partial charge in [0.2, 0.25) is 5.75 Å². The summed E-state index contributed by atoms with van der Waals surface area (Å²) >= 11 is 0. The van der Waals surface area contributed by atoms with Crippen LogP contribution >= 0.6 is 0 Å². The van der Waals surface area contributed by atoms with Crippen LogP contribution in [0.5, 0.6) is 17.2 Å². The Bertz CT molecular complexity index is 1030. The molecule has 176 valence electrons. The minimum atomic E-state index is -0.387. The number of carbonyl (C=O) groups is 1. The van der Waals surface area contributed by atoms with Gasteiger partial charge in [0.1, 0.15) is 0 Å². The minimum Gasteiger partial charge on any atom is -0.493 e. The van der Waals surface area contributed by atoms with Crippen LogP contribution < -0.4 is 19.1 Å². The van der Waals surface area contributed by atoms with Gasteiger partial charge in [0.15, 0.2) is 17.3 Å². The fourth-order valence-electron chi connectivity index (χ4n) is 4.81. The number of hydrogen-bond acceptors (Lipinski definition) is 8. The molecule has 2 aromatic rings. The summed E-state index contributed by atoms with van der Waals surface area (Å²) in [5, 5.41) is 10.9. The summed E-state index contributed by atoms with van der Waals surface area (Å²) in [4.78, 5) is 28.4. The average molecular weight is 456 g/mol. The van der Waals surface area contributed by atoms with Crippen LogP contribution in [0.15, 0.2) is 30.3 Å². The van der Waals surface area contributed by atoms with Crippen LogP contribution in [0.3, 0.4) is 0 Å². The summed E-state index contributed by atoms with van der Waals surface area (Å²) in [6, 6.07) is 8.45. The van der Waals surface area contributed by atoms with Gasteiger partial charge in [-0.2, -0.15) is 0 Å². The zero-order chi connectivity index (χ0) is 23.5. The van der Waals surface area contributed by atoms with E-state index in [0.717, 1.165) is 50.3 Å². The molecule has 0 N–H and O–H groups in total. The molecule has 0 radical (unpaired) electrons. The van der Waals surface area contributed by atoms with Crippen LogP contribution in [0.2, 0.25) is 0 Å². The van der Waals surface area contributed by atoms with Crippen LogP contribution in [-0.4, -0.2) is 69.7 Å². The van der Waals surface area contributed by atoms with Gasteiger partial charge in [-0.05, 0) is 31.0 Å². The lowest BCUT2D eigenvalue weighted by Crippen LogP contribution is -2.49. The van der Waals surface area contributed by atoms with Gasteiger partial charge >= 0.3 is 0 Å². The van der Waals surface area contributed by atoms with E-state index < -0.39 is 0 Å². The van der Waals surface area contributed by atoms with E-state index in [9.17, 15) is 14.9 Å². The van der Waals surface area contributed by atoms with Gasteiger partial charge in [0, 0.05) is 67.6 Å². The predicted octanol–water partition coefficient (Wildman–Crippen LogP) is 3.19. The van der Waals surface area contributed by atoms with Gasteiger partial charge < -0.3 is 19.1 Å². The quantitative estimate of drug-likeness (QED) is 0.464. The van der Waals surface area contributed by atoms with Crippen LogP contribution in [0.25, 0.3) is 0 Å². The molecule has 0 spiro atoms. The molecule has 1 atom stereocenters. The van der Waals surface area contributed by atoms with Crippen molar-refractivity contribution in [1.29, 1.82) is 0 Å². The number of piperazine rings is 1. The molecule has 1 saturated heterocycles.